The predicted octanol–water partition coefficient (Wildman–Crippen LogP) is 2.94. The molecule has 0 saturated heterocycles. The van der Waals surface area contributed by atoms with Crippen molar-refractivity contribution < 1.29 is 9.59 Å². The number of carbonyl (C=O) groups excluding carboxylic acids is 2. The van der Waals surface area contributed by atoms with Crippen molar-refractivity contribution in [2.75, 3.05) is 0 Å². The topological polar surface area (TPSA) is 71.1 Å². The van der Waals surface area contributed by atoms with E-state index in [1.807, 2.05) is 60.7 Å². The summed E-state index contributed by atoms with van der Waals surface area (Å²) < 4.78 is 0. The summed E-state index contributed by atoms with van der Waals surface area (Å²) in [4.78, 5) is 28.4. The highest BCUT2D eigenvalue weighted by Gasteiger charge is 2.10. The van der Waals surface area contributed by atoms with Crippen LogP contribution in [0.3, 0.4) is 0 Å². The van der Waals surface area contributed by atoms with Crippen molar-refractivity contribution in [3.63, 3.8) is 0 Å². The highest BCUT2D eigenvalue weighted by molar-refractivity contribution is 5.96. The molecule has 2 aromatic carbocycles. The number of hydrogen-bond acceptors (Lipinski definition) is 3. The van der Waals surface area contributed by atoms with E-state index in [1.165, 1.54) is 6.20 Å². The molecule has 2 amide bonds. The van der Waals surface area contributed by atoms with Gasteiger partial charge in [-0.25, -0.2) is 0 Å². The molecule has 0 atom stereocenters. The van der Waals surface area contributed by atoms with E-state index in [9.17, 15) is 9.59 Å². The van der Waals surface area contributed by atoms with Gasteiger partial charge in [0.05, 0.1) is 5.56 Å². The lowest BCUT2D eigenvalue weighted by Crippen LogP contribution is -2.25. The zero-order chi connectivity index (χ0) is 18.2. The summed E-state index contributed by atoms with van der Waals surface area (Å²) in [5, 5.41) is 5.64. The Morgan fingerprint density at radius 1 is 0.692 bits per heavy atom. The van der Waals surface area contributed by atoms with Crippen molar-refractivity contribution >= 4 is 11.8 Å². The molecule has 2 N–H and O–H groups in total. The van der Waals surface area contributed by atoms with E-state index in [4.69, 9.17) is 0 Å². The maximum atomic E-state index is 12.2. The molecule has 1 heterocycles. The summed E-state index contributed by atoms with van der Waals surface area (Å²) in [5.74, 6) is -0.498. The summed E-state index contributed by atoms with van der Waals surface area (Å²) >= 11 is 0. The predicted molar refractivity (Wildman–Crippen MR) is 99.5 cm³/mol. The SMILES string of the molecule is O=C(NCc1ccccc1)c1ccc(C(=O)NCc2ccccc2)nc1. The second kappa shape index (κ2) is 8.58. The van der Waals surface area contributed by atoms with Crippen LogP contribution in [0.4, 0.5) is 0 Å². The number of amides is 2. The van der Waals surface area contributed by atoms with Crippen LogP contribution >= 0.6 is 0 Å². The van der Waals surface area contributed by atoms with Crippen molar-refractivity contribution in [2.24, 2.45) is 0 Å². The van der Waals surface area contributed by atoms with Gasteiger partial charge in [0.1, 0.15) is 5.69 Å². The Kier molecular flexibility index (Phi) is 5.72. The van der Waals surface area contributed by atoms with Crippen molar-refractivity contribution in [1.82, 2.24) is 15.6 Å². The molecule has 26 heavy (non-hydrogen) atoms. The molecule has 0 fully saturated rings. The Balaban J connectivity index is 1.53. The summed E-state index contributed by atoms with van der Waals surface area (Å²) in [5.41, 5.74) is 2.73. The molecule has 5 nitrogen and oxygen atoms in total. The smallest absolute Gasteiger partial charge is 0.270 e. The maximum absolute atomic E-state index is 12.2. The molecule has 0 unspecified atom stereocenters. The van der Waals surface area contributed by atoms with Crippen LogP contribution in [0.5, 0.6) is 0 Å². The zero-order valence-corrected chi connectivity index (χ0v) is 14.2. The van der Waals surface area contributed by atoms with Crippen LogP contribution in [-0.2, 0) is 13.1 Å². The Labute approximate surface area is 152 Å². The lowest BCUT2D eigenvalue weighted by Gasteiger charge is -2.07. The van der Waals surface area contributed by atoms with E-state index in [0.717, 1.165) is 11.1 Å². The van der Waals surface area contributed by atoms with Crippen molar-refractivity contribution in [3.8, 4) is 0 Å². The third kappa shape index (κ3) is 4.77. The van der Waals surface area contributed by atoms with Crippen LogP contribution in [0.25, 0.3) is 0 Å². The van der Waals surface area contributed by atoms with Gasteiger partial charge in [0.15, 0.2) is 0 Å². The van der Waals surface area contributed by atoms with Gasteiger partial charge in [-0.3, -0.25) is 14.6 Å². The van der Waals surface area contributed by atoms with Crippen LogP contribution in [0, 0.1) is 0 Å². The molecule has 0 radical (unpaired) electrons. The molecule has 0 spiro atoms. The number of nitrogens with zero attached hydrogens (tertiary/aromatic N) is 1. The highest BCUT2D eigenvalue weighted by atomic mass is 16.2. The van der Waals surface area contributed by atoms with E-state index >= 15 is 0 Å². The molecule has 1 aromatic heterocycles. The molecule has 0 aliphatic rings. The summed E-state index contributed by atoms with van der Waals surface area (Å²) in [7, 11) is 0. The first-order chi connectivity index (χ1) is 12.7. The minimum Gasteiger partial charge on any atom is -0.348 e. The van der Waals surface area contributed by atoms with Crippen LogP contribution in [0.2, 0.25) is 0 Å². The Morgan fingerprint density at radius 3 is 1.73 bits per heavy atom. The Morgan fingerprint density at radius 2 is 1.23 bits per heavy atom. The summed E-state index contributed by atoms with van der Waals surface area (Å²) in [6.07, 6.45) is 1.41. The van der Waals surface area contributed by atoms with Gasteiger partial charge in [-0.2, -0.15) is 0 Å². The van der Waals surface area contributed by atoms with E-state index in [1.54, 1.807) is 12.1 Å². The van der Waals surface area contributed by atoms with Crippen LogP contribution in [0.15, 0.2) is 79.0 Å². The van der Waals surface area contributed by atoms with Crippen molar-refractivity contribution in [2.45, 2.75) is 13.1 Å². The average molecular weight is 345 g/mol. The summed E-state index contributed by atoms with van der Waals surface area (Å²) in [6, 6.07) is 22.5. The monoisotopic (exact) mass is 345 g/mol. The molecular weight excluding hydrogens is 326 g/mol. The van der Waals surface area contributed by atoms with Crippen LogP contribution in [-0.4, -0.2) is 16.8 Å². The van der Waals surface area contributed by atoms with Crippen molar-refractivity contribution in [1.29, 1.82) is 0 Å². The van der Waals surface area contributed by atoms with E-state index in [0.29, 0.717) is 18.7 Å². The first-order valence-electron chi connectivity index (χ1n) is 8.32. The molecular formula is C21H19N3O2. The molecule has 5 heteroatoms. The first-order valence-corrected chi connectivity index (χ1v) is 8.32. The fourth-order valence-corrected chi connectivity index (χ4v) is 2.41. The molecule has 0 saturated carbocycles. The number of rotatable bonds is 6. The molecule has 3 aromatic rings. The number of nitrogens with one attached hydrogen (secondary N) is 2. The second-order valence-electron chi connectivity index (χ2n) is 5.77. The fraction of sp³-hybridized carbons (Fsp3) is 0.0952. The third-order valence-electron chi connectivity index (χ3n) is 3.85. The van der Waals surface area contributed by atoms with Crippen LogP contribution < -0.4 is 10.6 Å². The molecule has 3 rings (SSSR count). The summed E-state index contributed by atoms with van der Waals surface area (Å²) in [6.45, 7) is 0.875. The van der Waals surface area contributed by atoms with Gasteiger partial charge >= 0.3 is 0 Å². The average Bonchev–Trinajstić information content (AvgIpc) is 2.72. The number of hydrogen-bond donors (Lipinski definition) is 2. The number of aromatic nitrogens is 1. The third-order valence-corrected chi connectivity index (χ3v) is 3.85. The van der Waals surface area contributed by atoms with Gasteiger partial charge in [-0.1, -0.05) is 60.7 Å². The number of pyridine rings is 1. The highest BCUT2D eigenvalue weighted by Crippen LogP contribution is 2.04. The quantitative estimate of drug-likeness (QED) is 0.721. The zero-order valence-electron chi connectivity index (χ0n) is 14.2. The van der Waals surface area contributed by atoms with Crippen LogP contribution in [0.1, 0.15) is 32.0 Å². The molecule has 0 bridgehead atoms. The van der Waals surface area contributed by atoms with Gasteiger partial charge < -0.3 is 10.6 Å². The normalized spacial score (nSPS) is 10.2. The Hall–Kier alpha value is -3.47. The van der Waals surface area contributed by atoms with E-state index in [2.05, 4.69) is 15.6 Å². The molecule has 0 aliphatic carbocycles. The van der Waals surface area contributed by atoms with Gasteiger partial charge in [0, 0.05) is 19.3 Å². The fourth-order valence-electron chi connectivity index (χ4n) is 2.41. The minimum atomic E-state index is -0.273. The molecule has 0 aliphatic heterocycles. The largest absolute Gasteiger partial charge is 0.348 e. The van der Waals surface area contributed by atoms with E-state index < -0.39 is 0 Å². The second-order valence-corrected chi connectivity index (χ2v) is 5.77. The van der Waals surface area contributed by atoms with Crippen molar-refractivity contribution in [3.05, 3.63) is 101 Å². The minimum absolute atomic E-state index is 0.224. The molecule has 130 valence electrons. The lowest BCUT2D eigenvalue weighted by molar-refractivity contribution is 0.0935. The first kappa shape index (κ1) is 17.4. The Bertz CT molecular complexity index is 788. The maximum Gasteiger partial charge on any atom is 0.270 e. The standard InChI is InChI=1S/C21H19N3O2/c25-20(23-13-16-7-3-1-4-8-16)18-11-12-19(22-15-18)21(26)24-14-17-9-5-2-6-10-17/h1-12,15H,13-14H2,(H,23,25)(H,24,26). The van der Waals surface area contributed by atoms with Gasteiger partial charge in [-0.15, -0.1) is 0 Å². The number of benzene rings is 2. The van der Waals surface area contributed by atoms with E-state index in [-0.39, 0.29) is 17.5 Å². The lowest BCUT2D eigenvalue weighted by atomic mass is 10.2. The van der Waals surface area contributed by atoms with Gasteiger partial charge in [0.25, 0.3) is 11.8 Å². The van der Waals surface area contributed by atoms with Gasteiger partial charge in [0.2, 0.25) is 0 Å². The van der Waals surface area contributed by atoms with Gasteiger partial charge in [-0.05, 0) is 23.3 Å². The number of carbonyl (C=O) groups is 2.